The molecule has 1 aliphatic carbocycles. The van der Waals surface area contributed by atoms with Gasteiger partial charge in [-0.25, -0.2) is 4.39 Å². The molecule has 1 aliphatic heterocycles. The van der Waals surface area contributed by atoms with E-state index in [9.17, 15) is 4.39 Å². The van der Waals surface area contributed by atoms with E-state index < -0.39 is 0 Å². The van der Waals surface area contributed by atoms with Crippen molar-refractivity contribution in [3.63, 3.8) is 0 Å². The topological polar surface area (TPSA) is 39.7 Å². The van der Waals surface area contributed by atoms with Crippen molar-refractivity contribution in [2.24, 2.45) is 4.99 Å². The average Bonchev–Trinajstić information content (AvgIpc) is 3.41. The Bertz CT molecular complexity index is 664. The summed E-state index contributed by atoms with van der Waals surface area (Å²) in [7, 11) is 1.80. The summed E-state index contributed by atoms with van der Waals surface area (Å²) in [5.41, 5.74) is 1.97. The zero-order chi connectivity index (χ0) is 18.6. The van der Waals surface area contributed by atoms with E-state index in [2.05, 4.69) is 34.0 Å². The van der Waals surface area contributed by atoms with Crippen LogP contribution in [-0.2, 0) is 5.41 Å². The van der Waals surface area contributed by atoms with Crippen LogP contribution in [0.5, 0.6) is 0 Å². The summed E-state index contributed by atoms with van der Waals surface area (Å²) in [5, 5.41) is 6.98. The second kappa shape index (κ2) is 9.87. The number of benzene rings is 1. The van der Waals surface area contributed by atoms with E-state index in [-0.39, 0.29) is 35.2 Å². The first-order valence-electron chi connectivity index (χ1n) is 9.61. The first kappa shape index (κ1) is 22.1. The predicted molar refractivity (Wildman–Crippen MR) is 122 cm³/mol. The molecule has 0 radical (unpaired) electrons. The van der Waals surface area contributed by atoms with E-state index in [1.165, 1.54) is 5.57 Å². The Labute approximate surface area is 179 Å². The minimum Gasteiger partial charge on any atom is -0.356 e. The van der Waals surface area contributed by atoms with Crippen LogP contribution in [0.4, 0.5) is 4.39 Å². The predicted octanol–water partition coefficient (Wildman–Crippen LogP) is 3.68. The third-order valence-electron chi connectivity index (χ3n) is 5.54. The number of piperidine rings is 1. The Balaban J connectivity index is 0.00000261. The van der Waals surface area contributed by atoms with Gasteiger partial charge in [0.25, 0.3) is 0 Å². The highest BCUT2D eigenvalue weighted by Crippen LogP contribution is 2.48. The summed E-state index contributed by atoms with van der Waals surface area (Å²) in [6.07, 6.45) is 4.26. The number of hydrogen-bond donors (Lipinski definition) is 2. The molecule has 0 aromatic heterocycles. The number of guanidine groups is 1. The summed E-state index contributed by atoms with van der Waals surface area (Å²) in [6, 6.07) is 7.58. The van der Waals surface area contributed by atoms with E-state index in [1.807, 2.05) is 12.1 Å². The number of nitrogens with one attached hydrogen (secondary N) is 2. The first-order valence-corrected chi connectivity index (χ1v) is 9.61. The maximum Gasteiger partial charge on any atom is 0.191 e. The van der Waals surface area contributed by atoms with Crippen molar-refractivity contribution in [2.45, 2.75) is 44.1 Å². The van der Waals surface area contributed by atoms with E-state index in [1.54, 1.807) is 19.2 Å². The number of likely N-dealkylation sites (tertiary alicyclic amines) is 1. The maximum atomic E-state index is 14.1. The standard InChI is InChI=1S/C21H31FN4.HI/c1-16(2)14-26-12-8-17(9-13-26)25-20(23-3)24-15-21(10-11-21)18-6-4-5-7-19(18)22;/h4-7,17H,1,8-15H2,2-3H3,(H2,23,24,25);1H. The van der Waals surface area contributed by atoms with E-state index in [4.69, 9.17) is 0 Å². The lowest BCUT2D eigenvalue weighted by Gasteiger charge is -2.33. The first-order chi connectivity index (χ1) is 12.5. The second-order valence-electron chi connectivity index (χ2n) is 7.84. The molecule has 1 saturated carbocycles. The van der Waals surface area contributed by atoms with Crippen LogP contribution in [-0.4, -0.2) is 50.1 Å². The third-order valence-corrected chi connectivity index (χ3v) is 5.54. The van der Waals surface area contributed by atoms with Crippen LogP contribution in [0.3, 0.4) is 0 Å². The Morgan fingerprint density at radius 3 is 2.52 bits per heavy atom. The molecule has 2 aliphatic rings. The minimum absolute atomic E-state index is 0. The van der Waals surface area contributed by atoms with Gasteiger partial charge in [-0.1, -0.05) is 30.4 Å². The van der Waals surface area contributed by atoms with Gasteiger partial charge in [0.15, 0.2) is 5.96 Å². The van der Waals surface area contributed by atoms with Gasteiger partial charge in [0.2, 0.25) is 0 Å². The Morgan fingerprint density at radius 2 is 1.96 bits per heavy atom. The number of aliphatic imine (C=N–C) groups is 1. The van der Waals surface area contributed by atoms with Crippen molar-refractivity contribution in [3.8, 4) is 0 Å². The van der Waals surface area contributed by atoms with Crippen molar-refractivity contribution >= 4 is 29.9 Å². The van der Waals surface area contributed by atoms with Crippen LogP contribution in [0.15, 0.2) is 41.4 Å². The van der Waals surface area contributed by atoms with Crippen molar-refractivity contribution in [2.75, 3.05) is 33.2 Å². The van der Waals surface area contributed by atoms with Crippen molar-refractivity contribution in [1.29, 1.82) is 0 Å². The number of halogens is 2. The summed E-state index contributed by atoms with van der Waals surface area (Å²) in [6.45, 7) is 9.97. The molecule has 6 heteroatoms. The molecule has 1 aromatic carbocycles. The van der Waals surface area contributed by atoms with Gasteiger partial charge in [-0.2, -0.15) is 0 Å². The van der Waals surface area contributed by atoms with Gasteiger partial charge in [-0.15, -0.1) is 24.0 Å². The fraction of sp³-hybridized carbons (Fsp3) is 0.571. The molecule has 0 unspecified atom stereocenters. The van der Waals surface area contributed by atoms with Crippen LogP contribution in [0.1, 0.15) is 38.2 Å². The molecule has 2 fully saturated rings. The lowest BCUT2D eigenvalue weighted by Crippen LogP contribution is -2.50. The molecule has 0 atom stereocenters. The third kappa shape index (κ3) is 5.91. The lowest BCUT2D eigenvalue weighted by atomic mass is 9.95. The molecule has 1 saturated heterocycles. The molecule has 0 spiro atoms. The largest absolute Gasteiger partial charge is 0.356 e. The van der Waals surface area contributed by atoms with Gasteiger partial charge in [0, 0.05) is 44.7 Å². The van der Waals surface area contributed by atoms with Gasteiger partial charge in [-0.05, 0) is 44.2 Å². The molecule has 27 heavy (non-hydrogen) atoms. The highest BCUT2D eigenvalue weighted by molar-refractivity contribution is 14.0. The van der Waals surface area contributed by atoms with Gasteiger partial charge >= 0.3 is 0 Å². The zero-order valence-corrected chi connectivity index (χ0v) is 18.8. The highest BCUT2D eigenvalue weighted by atomic mass is 127. The number of rotatable bonds is 6. The average molecular weight is 486 g/mol. The van der Waals surface area contributed by atoms with E-state index in [0.29, 0.717) is 6.04 Å². The van der Waals surface area contributed by atoms with Crippen LogP contribution in [0.2, 0.25) is 0 Å². The maximum absolute atomic E-state index is 14.1. The summed E-state index contributed by atoms with van der Waals surface area (Å²) < 4.78 is 14.1. The normalized spacial score (nSPS) is 19.9. The molecule has 0 amide bonds. The summed E-state index contributed by atoms with van der Waals surface area (Å²) >= 11 is 0. The molecule has 1 aromatic rings. The Hall–Kier alpha value is -1.15. The summed E-state index contributed by atoms with van der Waals surface area (Å²) in [4.78, 5) is 6.82. The molecule has 1 heterocycles. The smallest absolute Gasteiger partial charge is 0.191 e. The number of nitrogens with zero attached hydrogens (tertiary/aromatic N) is 2. The van der Waals surface area contributed by atoms with Crippen LogP contribution < -0.4 is 10.6 Å². The van der Waals surface area contributed by atoms with Gasteiger partial charge < -0.3 is 10.6 Å². The van der Waals surface area contributed by atoms with Crippen molar-refractivity contribution < 1.29 is 4.39 Å². The minimum atomic E-state index is -0.0976. The molecule has 2 N–H and O–H groups in total. The van der Waals surface area contributed by atoms with E-state index >= 15 is 0 Å². The molecule has 150 valence electrons. The van der Waals surface area contributed by atoms with Crippen LogP contribution in [0.25, 0.3) is 0 Å². The van der Waals surface area contributed by atoms with Crippen molar-refractivity contribution in [3.05, 3.63) is 47.8 Å². The van der Waals surface area contributed by atoms with Crippen LogP contribution >= 0.6 is 24.0 Å². The summed E-state index contributed by atoms with van der Waals surface area (Å²) in [5.74, 6) is 0.727. The highest BCUT2D eigenvalue weighted by Gasteiger charge is 2.45. The monoisotopic (exact) mass is 486 g/mol. The molecule has 3 rings (SSSR count). The SMILES string of the molecule is C=C(C)CN1CCC(NC(=NC)NCC2(c3ccccc3F)CC2)CC1.I. The Morgan fingerprint density at radius 1 is 1.30 bits per heavy atom. The fourth-order valence-corrected chi connectivity index (χ4v) is 3.84. The Kier molecular flexibility index (Phi) is 8.09. The molecular weight excluding hydrogens is 454 g/mol. The number of hydrogen-bond acceptors (Lipinski definition) is 2. The lowest BCUT2D eigenvalue weighted by molar-refractivity contribution is 0.221. The molecule has 4 nitrogen and oxygen atoms in total. The van der Waals surface area contributed by atoms with E-state index in [0.717, 1.165) is 63.4 Å². The van der Waals surface area contributed by atoms with Crippen molar-refractivity contribution in [1.82, 2.24) is 15.5 Å². The van der Waals surface area contributed by atoms with Gasteiger partial charge in [-0.3, -0.25) is 9.89 Å². The zero-order valence-electron chi connectivity index (χ0n) is 16.4. The molecule has 0 bridgehead atoms. The fourth-order valence-electron chi connectivity index (χ4n) is 3.84. The van der Waals surface area contributed by atoms with Crippen LogP contribution in [0, 0.1) is 5.82 Å². The molecular formula is C21H32FIN4. The second-order valence-corrected chi connectivity index (χ2v) is 7.84. The van der Waals surface area contributed by atoms with Gasteiger partial charge in [0.1, 0.15) is 5.82 Å². The quantitative estimate of drug-likeness (QED) is 0.279. The van der Waals surface area contributed by atoms with Gasteiger partial charge in [0.05, 0.1) is 0 Å².